The van der Waals surface area contributed by atoms with Gasteiger partial charge in [-0.15, -0.1) is 0 Å². The molecule has 0 saturated heterocycles. The highest BCUT2D eigenvalue weighted by atomic mass is 32.2. The number of nitrogens with two attached hydrogens (primary N) is 1. The Morgan fingerprint density at radius 3 is 2.44 bits per heavy atom. The molecule has 0 aromatic heterocycles. The van der Waals surface area contributed by atoms with E-state index in [9.17, 15) is 8.42 Å². The van der Waals surface area contributed by atoms with Gasteiger partial charge < -0.3 is 4.74 Å². The van der Waals surface area contributed by atoms with E-state index < -0.39 is 10.0 Å². The van der Waals surface area contributed by atoms with Crippen molar-refractivity contribution >= 4 is 10.0 Å². The molecule has 0 unspecified atom stereocenters. The van der Waals surface area contributed by atoms with E-state index in [1.165, 1.54) is 12.1 Å². The van der Waals surface area contributed by atoms with Crippen molar-refractivity contribution < 1.29 is 13.2 Å². The number of hydrogen-bond donors (Lipinski definition) is 2. The zero-order chi connectivity index (χ0) is 12.0. The summed E-state index contributed by atoms with van der Waals surface area (Å²) in [5.74, 6) is 5.56. The van der Waals surface area contributed by atoms with Crippen molar-refractivity contribution in [1.82, 2.24) is 4.83 Å². The standard InChI is InChI=1S/C10H16N2O3S/c1-2-3-8-15-9-4-6-10(7-5-9)16(13,14)12-11/h4-7,12H,2-3,8,11H2,1H3. The molecule has 90 valence electrons. The molecule has 0 radical (unpaired) electrons. The molecule has 0 aliphatic heterocycles. The SMILES string of the molecule is CCCCOc1ccc(S(=O)(=O)NN)cc1. The minimum absolute atomic E-state index is 0.123. The highest BCUT2D eigenvalue weighted by molar-refractivity contribution is 7.89. The van der Waals surface area contributed by atoms with Gasteiger partial charge in [-0.3, -0.25) is 5.84 Å². The van der Waals surface area contributed by atoms with Crippen molar-refractivity contribution in [2.24, 2.45) is 5.84 Å². The topological polar surface area (TPSA) is 81.4 Å². The van der Waals surface area contributed by atoms with Crippen LogP contribution in [-0.2, 0) is 10.0 Å². The van der Waals surface area contributed by atoms with Crippen LogP contribution in [0.1, 0.15) is 19.8 Å². The Bertz CT molecular complexity index is 414. The van der Waals surface area contributed by atoms with E-state index in [4.69, 9.17) is 10.6 Å². The molecular weight excluding hydrogens is 228 g/mol. The molecule has 1 rings (SSSR count). The van der Waals surface area contributed by atoms with Crippen LogP contribution in [0, 0.1) is 0 Å². The van der Waals surface area contributed by atoms with Gasteiger partial charge in [0.1, 0.15) is 5.75 Å². The predicted octanol–water partition coefficient (Wildman–Crippen LogP) is 1.02. The van der Waals surface area contributed by atoms with Crippen LogP contribution in [0.15, 0.2) is 29.2 Å². The van der Waals surface area contributed by atoms with Crippen molar-refractivity contribution in [3.63, 3.8) is 0 Å². The second-order valence-electron chi connectivity index (χ2n) is 3.29. The van der Waals surface area contributed by atoms with E-state index in [0.717, 1.165) is 12.8 Å². The number of benzene rings is 1. The Morgan fingerprint density at radius 2 is 1.94 bits per heavy atom. The van der Waals surface area contributed by atoms with Crippen LogP contribution in [0.5, 0.6) is 5.75 Å². The second-order valence-corrected chi connectivity index (χ2v) is 5.01. The van der Waals surface area contributed by atoms with Crippen molar-refractivity contribution in [3.8, 4) is 5.75 Å². The molecular formula is C10H16N2O3S. The van der Waals surface area contributed by atoms with Gasteiger partial charge in [-0.05, 0) is 30.7 Å². The zero-order valence-electron chi connectivity index (χ0n) is 9.14. The Labute approximate surface area is 95.6 Å². The van der Waals surface area contributed by atoms with E-state index in [-0.39, 0.29) is 4.90 Å². The summed E-state index contributed by atoms with van der Waals surface area (Å²) in [7, 11) is -3.57. The summed E-state index contributed by atoms with van der Waals surface area (Å²) in [5, 5.41) is 0. The highest BCUT2D eigenvalue weighted by Gasteiger charge is 2.10. The molecule has 0 bridgehead atoms. The number of rotatable bonds is 6. The summed E-state index contributed by atoms with van der Waals surface area (Å²) in [6.07, 6.45) is 2.04. The molecule has 6 heteroatoms. The van der Waals surface area contributed by atoms with E-state index in [1.54, 1.807) is 17.0 Å². The van der Waals surface area contributed by atoms with Crippen molar-refractivity contribution in [2.75, 3.05) is 6.61 Å². The van der Waals surface area contributed by atoms with Gasteiger partial charge in [0.05, 0.1) is 11.5 Å². The van der Waals surface area contributed by atoms with E-state index in [0.29, 0.717) is 12.4 Å². The summed E-state index contributed by atoms with van der Waals surface area (Å²) < 4.78 is 28.0. The molecule has 0 aliphatic rings. The molecule has 0 aliphatic carbocycles. The second kappa shape index (κ2) is 5.83. The molecule has 16 heavy (non-hydrogen) atoms. The maximum atomic E-state index is 11.3. The fraction of sp³-hybridized carbons (Fsp3) is 0.400. The number of hydrazine groups is 1. The lowest BCUT2D eigenvalue weighted by atomic mass is 10.3. The molecule has 0 heterocycles. The number of ether oxygens (including phenoxy) is 1. The van der Waals surface area contributed by atoms with Gasteiger partial charge in [0.15, 0.2) is 0 Å². The average Bonchev–Trinajstić information content (AvgIpc) is 2.30. The quantitative estimate of drug-likeness (QED) is 0.444. The third-order valence-electron chi connectivity index (χ3n) is 2.06. The summed E-state index contributed by atoms with van der Waals surface area (Å²) in [5.41, 5.74) is 0. The normalized spacial score (nSPS) is 11.4. The zero-order valence-corrected chi connectivity index (χ0v) is 9.96. The summed E-state index contributed by atoms with van der Waals surface area (Å²) in [4.78, 5) is 1.88. The summed E-state index contributed by atoms with van der Waals surface area (Å²) >= 11 is 0. The first-order valence-electron chi connectivity index (χ1n) is 5.05. The fourth-order valence-corrected chi connectivity index (χ4v) is 1.75. The van der Waals surface area contributed by atoms with Gasteiger partial charge in [0.25, 0.3) is 10.0 Å². The molecule has 0 amide bonds. The van der Waals surface area contributed by atoms with Crippen LogP contribution in [0.4, 0.5) is 0 Å². The third kappa shape index (κ3) is 3.48. The Morgan fingerprint density at radius 1 is 1.31 bits per heavy atom. The molecule has 0 spiro atoms. The number of unbranched alkanes of at least 4 members (excludes halogenated alkanes) is 1. The molecule has 3 N–H and O–H groups in total. The summed E-state index contributed by atoms with van der Waals surface area (Å²) in [6.45, 7) is 2.71. The monoisotopic (exact) mass is 244 g/mol. The Hall–Kier alpha value is -1.11. The highest BCUT2D eigenvalue weighted by Crippen LogP contribution is 2.15. The maximum absolute atomic E-state index is 11.3. The first-order chi connectivity index (χ1) is 7.60. The van der Waals surface area contributed by atoms with Gasteiger partial charge in [0.2, 0.25) is 0 Å². The fourth-order valence-electron chi connectivity index (χ4n) is 1.12. The van der Waals surface area contributed by atoms with Crippen LogP contribution in [0.25, 0.3) is 0 Å². The van der Waals surface area contributed by atoms with E-state index >= 15 is 0 Å². The van der Waals surface area contributed by atoms with Gasteiger partial charge in [-0.25, -0.2) is 8.42 Å². The lowest BCUT2D eigenvalue weighted by Crippen LogP contribution is -2.30. The van der Waals surface area contributed by atoms with Crippen molar-refractivity contribution in [1.29, 1.82) is 0 Å². The third-order valence-corrected chi connectivity index (χ3v) is 3.26. The average molecular weight is 244 g/mol. The molecule has 5 nitrogen and oxygen atoms in total. The minimum atomic E-state index is -3.57. The van der Waals surface area contributed by atoms with E-state index in [2.05, 4.69) is 6.92 Å². The van der Waals surface area contributed by atoms with Crippen molar-refractivity contribution in [2.45, 2.75) is 24.7 Å². The smallest absolute Gasteiger partial charge is 0.253 e. The number of nitrogens with one attached hydrogen (secondary N) is 1. The minimum Gasteiger partial charge on any atom is -0.494 e. The van der Waals surface area contributed by atoms with Gasteiger partial charge in [-0.2, -0.15) is 4.83 Å². The number of sulfonamides is 1. The van der Waals surface area contributed by atoms with Crippen LogP contribution < -0.4 is 15.4 Å². The lowest BCUT2D eigenvalue weighted by Gasteiger charge is -2.06. The van der Waals surface area contributed by atoms with Crippen LogP contribution in [-0.4, -0.2) is 15.0 Å². The van der Waals surface area contributed by atoms with Gasteiger partial charge in [0, 0.05) is 0 Å². The molecule has 0 atom stereocenters. The molecule has 1 aromatic rings. The van der Waals surface area contributed by atoms with Crippen molar-refractivity contribution in [3.05, 3.63) is 24.3 Å². The molecule has 0 fully saturated rings. The largest absolute Gasteiger partial charge is 0.494 e. The first-order valence-corrected chi connectivity index (χ1v) is 6.53. The first kappa shape index (κ1) is 13.0. The van der Waals surface area contributed by atoms with Gasteiger partial charge >= 0.3 is 0 Å². The van der Waals surface area contributed by atoms with E-state index in [1.807, 2.05) is 0 Å². The Kier molecular flexibility index (Phi) is 4.72. The van der Waals surface area contributed by atoms with Crippen LogP contribution in [0.3, 0.4) is 0 Å². The van der Waals surface area contributed by atoms with Crippen LogP contribution in [0.2, 0.25) is 0 Å². The Balaban J connectivity index is 2.68. The number of hydrogen-bond acceptors (Lipinski definition) is 4. The van der Waals surface area contributed by atoms with Crippen LogP contribution >= 0.6 is 0 Å². The predicted molar refractivity (Wildman–Crippen MR) is 61.4 cm³/mol. The van der Waals surface area contributed by atoms with Gasteiger partial charge in [-0.1, -0.05) is 13.3 Å². The maximum Gasteiger partial charge on any atom is 0.253 e. The lowest BCUT2D eigenvalue weighted by molar-refractivity contribution is 0.309. The molecule has 1 aromatic carbocycles. The summed E-state index contributed by atoms with van der Waals surface area (Å²) in [6, 6.07) is 6.13. The molecule has 0 saturated carbocycles.